The van der Waals surface area contributed by atoms with Crippen molar-refractivity contribution in [3.05, 3.63) is 16.3 Å². The van der Waals surface area contributed by atoms with Gasteiger partial charge in [-0.2, -0.15) is 5.10 Å². The van der Waals surface area contributed by atoms with Crippen LogP contribution in [-0.4, -0.2) is 14.3 Å². The van der Waals surface area contributed by atoms with Crippen molar-refractivity contribution >= 4 is 0 Å². The van der Waals surface area contributed by atoms with Gasteiger partial charge >= 0.3 is 5.69 Å². The minimum absolute atomic E-state index is 0.00875. The molecule has 0 radical (unpaired) electrons. The number of nitrogens with zero attached hydrogens (tertiary/aromatic N) is 3. The average Bonchev–Trinajstić information content (AvgIpc) is 2.50. The first-order valence-electron chi connectivity index (χ1n) is 5.71. The van der Waals surface area contributed by atoms with Gasteiger partial charge in [0.1, 0.15) is 5.82 Å². The Bertz CT molecular complexity index is 336. The molecule has 0 amide bonds. The molecule has 4 heteroatoms. The quantitative estimate of drug-likeness (QED) is 0.771. The van der Waals surface area contributed by atoms with E-state index in [2.05, 4.69) is 12.0 Å². The molecule has 0 N–H and O–H groups in total. The molecule has 1 heterocycles. The largest absolute Gasteiger partial charge is 0.345 e. The van der Waals surface area contributed by atoms with Crippen molar-refractivity contribution < 1.29 is 0 Å². The van der Waals surface area contributed by atoms with Crippen LogP contribution in [0.3, 0.4) is 0 Å². The molecule has 0 atom stereocenters. The lowest BCUT2D eigenvalue weighted by molar-refractivity contribution is 0.594. The summed E-state index contributed by atoms with van der Waals surface area (Å²) in [5, 5.41) is 4.20. The molecule has 0 aromatic carbocycles. The highest BCUT2D eigenvalue weighted by Crippen LogP contribution is 2.09. The number of hydrogen-bond acceptors (Lipinski definition) is 2. The third-order valence-corrected chi connectivity index (χ3v) is 2.00. The Morgan fingerprint density at radius 1 is 1.33 bits per heavy atom. The molecule has 0 aliphatic heterocycles. The summed E-state index contributed by atoms with van der Waals surface area (Å²) in [5.41, 5.74) is -0.00875. The monoisotopic (exact) mass is 213 g/mol. The van der Waals surface area contributed by atoms with Gasteiger partial charge in [-0.05, 0) is 6.42 Å². The fourth-order valence-corrected chi connectivity index (χ4v) is 1.38. The van der Waals surface area contributed by atoms with Crippen molar-refractivity contribution in [2.75, 3.05) is 0 Å². The van der Waals surface area contributed by atoms with E-state index in [-0.39, 0.29) is 5.69 Å². The predicted octanol–water partition coefficient (Wildman–Crippen LogP) is 2.14. The molecule has 0 unspecified atom stereocenters. The van der Waals surface area contributed by atoms with E-state index in [0.29, 0.717) is 5.92 Å². The fraction of sp³-hybridized carbons (Fsp3) is 0.818. The number of aromatic nitrogens is 3. The zero-order valence-electron chi connectivity index (χ0n) is 10.7. The van der Waals surface area contributed by atoms with Gasteiger partial charge in [-0.25, -0.2) is 9.48 Å². The van der Waals surface area contributed by atoms with Crippen molar-refractivity contribution in [3.63, 3.8) is 0 Å². The Labute approximate surface area is 91.9 Å². The first kappa shape index (κ1) is 13.9. The second kappa shape index (κ2) is 6.43. The number of aryl methyl sites for hydroxylation is 1. The third-order valence-electron chi connectivity index (χ3n) is 2.00. The van der Waals surface area contributed by atoms with Crippen molar-refractivity contribution in [1.82, 2.24) is 14.3 Å². The van der Waals surface area contributed by atoms with Crippen LogP contribution in [-0.2, 0) is 13.6 Å². The lowest BCUT2D eigenvalue weighted by Gasteiger charge is -2.05. The van der Waals surface area contributed by atoms with Crippen LogP contribution in [0.5, 0.6) is 0 Å². The van der Waals surface area contributed by atoms with Crippen molar-refractivity contribution in [1.29, 1.82) is 0 Å². The smallest absolute Gasteiger partial charge is 0.279 e. The third kappa shape index (κ3) is 3.22. The summed E-state index contributed by atoms with van der Waals surface area (Å²) >= 11 is 0. The summed E-state index contributed by atoms with van der Waals surface area (Å²) in [4.78, 5) is 11.5. The van der Waals surface area contributed by atoms with Gasteiger partial charge in [-0.15, -0.1) is 0 Å². The highest BCUT2D eigenvalue weighted by atomic mass is 16.2. The molecule has 1 aromatic heterocycles. The van der Waals surface area contributed by atoms with Gasteiger partial charge in [0, 0.05) is 19.5 Å². The second-order valence-corrected chi connectivity index (χ2v) is 3.57. The highest BCUT2D eigenvalue weighted by Gasteiger charge is 2.12. The molecule has 1 rings (SSSR count). The van der Waals surface area contributed by atoms with E-state index in [0.717, 1.165) is 18.8 Å². The van der Waals surface area contributed by atoms with Gasteiger partial charge in [0.05, 0.1) is 0 Å². The second-order valence-electron chi connectivity index (χ2n) is 3.57. The van der Waals surface area contributed by atoms with E-state index < -0.39 is 0 Å². The molecule has 0 aliphatic carbocycles. The Hall–Kier alpha value is -1.06. The molecule has 15 heavy (non-hydrogen) atoms. The summed E-state index contributed by atoms with van der Waals surface area (Å²) in [6.45, 7) is 10.9. The summed E-state index contributed by atoms with van der Waals surface area (Å²) in [6, 6.07) is 0. The highest BCUT2D eigenvalue weighted by molar-refractivity contribution is 4.93. The van der Waals surface area contributed by atoms with Crippen LogP contribution in [0, 0.1) is 0 Å². The van der Waals surface area contributed by atoms with Gasteiger partial charge < -0.3 is 0 Å². The Kier molecular flexibility index (Phi) is 5.97. The van der Waals surface area contributed by atoms with Crippen LogP contribution in [0.4, 0.5) is 0 Å². The molecule has 0 bridgehead atoms. The summed E-state index contributed by atoms with van der Waals surface area (Å²) in [5.74, 6) is 1.19. The molecule has 1 aromatic rings. The Morgan fingerprint density at radius 3 is 2.27 bits per heavy atom. The maximum Gasteiger partial charge on any atom is 0.345 e. The average molecular weight is 213 g/mol. The number of rotatable bonds is 3. The first-order chi connectivity index (χ1) is 7.07. The van der Waals surface area contributed by atoms with Gasteiger partial charge in [0.2, 0.25) is 0 Å². The summed E-state index contributed by atoms with van der Waals surface area (Å²) in [6.07, 6.45) is 0.964. The SMILES string of the molecule is CC.CCCn1c(C(C)C)nn(C)c1=O. The van der Waals surface area contributed by atoms with Crippen LogP contribution in [0.15, 0.2) is 4.79 Å². The molecule has 88 valence electrons. The topological polar surface area (TPSA) is 39.8 Å². The molecule has 0 aliphatic rings. The van der Waals surface area contributed by atoms with Crippen LogP contribution in [0.2, 0.25) is 0 Å². The lowest BCUT2D eigenvalue weighted by Crippen LogP contribution is -2.23. The zero-order chi connectivity index (χ0) is 12.0. The molecule has 0 fully saturated rings. The van der Waals surface area contributed by atoms with Crippen LogP contribution < -0.4 is 5.69 Å². The minimum Gasteiger partial charge on any atom is -0.279 e. The number of hydrogen-bond donors (Lipinski definition) is 0. The first-order valence-corrected chi connectivity index (χ1v) is 5.71. The Balaban J connectivity index is 0.000000921. The summed E-state index contributed by atoms with van der Waals surface area (Å²) < 4.78 is 3.16. The van der Waals surface area contributed by atoms with Gasteiger partial charge in [-0.3, -0.25) is 4.57 Å². The van der Waals surface area contributed by atoms with Crippen LogP contribution in [0.25, 0.3) is 0 Å². The van der Waals surface area contributed by atoms with Crippen LogP contribution >= 0.6 is 0 Å². The standard InChI is InChI=1S/C9H17N3O.C2H6/c1-5-6-12-8(7(2)3)10-11(4)9(12)13;1-2/h7H,5-6H2,1-4H3;1-2H3. The Morgan fingerprint density at radius 2 is 1.87 bits per heavy atom. The van der Waals surface area contributed by atoms with E-state index in [1.807, 2.05) is 27.7 Å². The fourth-order valence-electron chi connectivity index (χ4n) is 1.38. The van der Waals surface area contributed by atoms with Crippen molar-refractivity contribution in [2.24, 2.45) is 7.05 Å². The van der Waals surface area contributed by atoms with E-state index in [1.165, 1.54) is 4.68 Å². The molecule has 4 nitrogen and oxygen atoms in total. The predicted molar refractivity (Wildman–Crippen MR) is 63.2 cm³/mol. The van der Waals surface area contributed by atoms with Gasteiger partial charge in [-0.1, -0.05) is 34.6 Å². The van der Waals surface area contributed by atoms with E-state index in [9.17, 15) is 4.79 Å². The maximum atomic E-state index is 11.5. The molecular weight excluding hydrogens is 190 g/mol. The molecule has 0 saturated heterocycles. The maximum absolute atomic E-state index is 11.5. The molecule has 0 spiro atoms. The zero-order valence-corrected chi connectivity index (χ0v) is 10.7. The van der Waals surface area contributed by atoms with Crippen LogP contribution in [0.1, 0.15) is 52.8 Å². The van der Waals surface area contributed by atoms with Gasteiger partial charge in [0.25, 0.3) is 0 Å². The molecular formula is C11H23N3O. The summed E-state index contributed by atoms with van der Waals surface area (Å²) in [7, 11) is 1.69. The van der Waals surface area contributed by atoms with Crippen molar-refractivity contribution in [2.45, 2.75) is 53.5 Å². The van der Waals surface area contributed by atoms with E-state index in [1.54, 1.807) is 11.6 Å². The van der Waals surface area contributed by atoms with E-state index >= 15 is 0 Å². The van der Waals surface area contributed by atoms with Crippen molar-refractivity contribution in [3.8, 4) is 0 Å². The minimum atomic E-state index is -0.00875. The normalized spacial score (nSPS) is 10.1. The molecule has 0 saturated carbocycles. The van der Waals surface area contributed by atoms with Gasteiger partial charge in [0.15, 0.2) is 0 Å². The van der Waals surface area contributed by atoms with E-state index in [4.69, 9.17) is 0 Å². The lowest BCUT2D eigenvalue weighted by atomic mass is 10.2.